The summed E-state index contributed by atoms with van der Waals surface area (Å²) in [4.78, 5) is 29.3. The first kappa shape index (κ1) is 24.3. The molecule has 2 atom stereocenters. The number of nitrogens with zero attached hydrogens (tertiary/aromatic N) is 1. The van der Waals surface area contributed by atoms with Crippen LogP contribution in [0.25, 0.3) is 0 Å². The monoisotopic (exact) mass is 454 g/mol. The lowest BCUT2D eigenvalue weighted by Gasteiger charge is -2.36. The van der Waals surface area contributed by atoms with Crippen molar-refractivity contribution in [2.75, 3.05) is 18.1 Å². The largest absolute Gasteiger partial charge is 0.379 e. The van der Waals surface area contributed by atoms with E-state index < -0.39 is 11.2 Å². The predicted octanol–water partition coefficient (Wildman–Crippen LogP) is 4.88. The van der Waals surface area contributed by atoms with Crippen molar-refractivity contribution in [1.82, 2.24) is 5.32 Å². The molecule has 1 aliphatic heterocycles. The van der Waals surface area contributed by atoms with Crippen molar-refractivity contribution in [3.05, 3.63) is 59.2 Å². The standard InChI is InChI=1S/C26H34N2O3S/c1-17(2)31-14-8-13-27-25(29)20(5)24-26(30)28(22-9-6-7-10-23(22)32-24)16-21-15-18(3)11-12-19(21)4/h6-7,9-12,15,17,20,24H,8,13-14,16H2,1-5H3,(H,27,29)/t20-,24-/m0/s1. The van der Waals surface area contributed by atoms with Gasteiger partial charge in [0.1, 0.15) is 5.25 Å². The Morgan fingerprint density at radius 2 is 1.91 bits per heavy atom. The molecule has 0 saturated carbocycles. The van der Waals surface area contributed by atoms with E-state index in [9.17, 15) is 9.59 Å². The molecule has 2 aromatic carbocycles. The molecule has 3 rings (SSSR count). The quantitative estimate of drug-likeness (QED) is 0.549. The van der Waals surface area contributed by atoms with E-state index in [1.165, 1.54) is 17.3 Å². The number of carbonyl (C=O) groups is 2. The van der Waals surface area contributed by atoms with Crippen LogP contribution >= 0.6 is 11.8 Å². The molecule has 1 aliphatic rings. The molecule has 0 aromatic heterocycles. The lowest BCUT2D eigenvalue weighted by molar-refractivity contribution is -0.128. The fourth-order valence-corrected chi connectivity index (χ4v) is 5.05. The summed E-state index contributed by atoms with van der Waals surface area (Å²) in [5, 5.41) is 2.52. The number of aryl methyl sites for hydroxylation is 2. The Balaban J connectivity index is 1.75. The fraction of sp³-hybridized carbons (Fsp3) is 0.462. The van der Waals surface area contributed by atoms with Gasteiger partial charge in [0, 0.05) is 18.0 Å². The molecule has 0 bridgehead atoms. The van der Waals surface area contributed by atoms with Crippen LogP contribution in [0.1, 0.15) is 43.9 Å². The molecule has 6 heteroatoms. The third-order valence-electron chi connectivity index (χ3n) is 5.69. The smallest absolute Gasteiger partial charge is 0.241 e. The lowest BCUT2D eigenvalue weighted by Crippen LogP contribution is -2.47. The third kappa shape index (κ3) is 5.93. The Morgan fingerprint density at radius 3 is 2.66 bits per heavy atom. The lowest BCUT2D eigenvalue weighted by atomic mass is 10.0. The van der Waals surface area contributed by atoms with Gasteiger partial charge in [0.05, 0.1) is 24.3 Å². The zero-order valence-electron chi connectivity index (χ0n) is 19.7. The number of amides is 2. The summed E-state index contributed by atoms with van der Waals surface area (Å²) in [5.74, 6) is -0.542. The number of hydrogen-bond acceptors (Lipinski definition) is 4. The molecular weight excluding hydrogens is 420 g/mol. The van der Waals surface area contributed by atoms with Crippen molar-refractivity contribution < 1.29 is 14.3 Å². The molecule has 0 unspecified atom stereocenters. The third-order valence-corrected chi connectivity index (χ3v) is 7.15. The van der Waals surface area contributed by atoms with Gasteiger partial charge in [0.2, 0.25) is 11.8 Å². The van der Waals surface area contributed by atoms with E-state index in [0.717, 1.165) is 28.1 Å². The number of rotatable bonds is 9. The van der Waals surface area contributed by atoms with Gasteiger partial charge in [-0.15, -0.1) is 11.8 Å². The van der Waals surface area contributed by atoms with Crippen LogP contribution in [0.4, 0.5) is 5.69 Å². The van der Waals surface area contributed by atoms with Gasteiger partial charge >= 0.3 is 0 Å². The maximum atomic E-state index is 13.6. The number of carbonyl (C=O) groups excluding carboxylic acids is 2. The first-order chi connectivity index (χ1) is 15.3. The van der Waals surface area contributed by atoms with Crippen LogP contribution in [0.3, 0.4) is 0 Å². The van der Waals surface area contributed by atoms with Gasteiger partial charge < -0.3 is 15.0 Å². The molecule has 1 N–H and O–H groups in total. The topological polar surface area (TPSA) is 58.6 Å². The van der Waals surface area contributed by atoms with Gasteiger partial charge in [-0.2, -0.15) is 0 Å². The zero-order chi connectivity index (χ0) is 23.3. The Kier molecular flexibility index (Phi) is 8.38. The van der Waals surface area contributed by atoms with Gasteiger partial charge in [0.15, 0.2) is 0 Å². The highest BCUT2D eigenvalue weighted by Crippen LogP contribution is 2.42. The fourth-order valence-electron chi connectivity index (χ4n) is 3.76. The van der Waals surface area contributed by atoms with E-state index in [1.54, 1.807) is 0 Å². The zero-order valence-corrected chi connectivity index (χ0v) is 20.5. The highest BCUT2D eigenvalue weighted by molar-refractivity contribution is 8.01. The summed E-state index contributed by atoms with van der Waals surface area (Å²) in [6.45, 7) is 11.6. The summed E-state index contributed by atoms with van der Waals surface area (Å²) < 4.78 is 5.53. The molecule has 1 heterocycles. The Hall–Kier alpha value is -2.31. The van der Waals surface area contributed by atoms with E-state index in [1.807, 2.05) is 49.9 Å². The Bertz CT molecular complexity index is 960. The molecule has 0 aliphatic carbocycles. The number of anilines is 1. The van der Waals surface area contributed by atoms with Gasteiger partial charge in [-0.1, -0.05) is 42.8 Å². The highest BCUT2D eigenvalue weighted by Gasteiger charge is 2.39. The highest BCUT2D eigenvalue weighted by atomic mass is 32.2. The van der Waals surface area contributed by atoms with E-state index in [0.29, 0.717) is 19.7 Å². The van der Waals surface area contributed by atoms with Gasteiger partial charge in [-0.3, -0.25) is 9.59 Å². The number of nitrogens with one attached hydrogen (secondary N) is 1. The first-order valence-electron chi connectivity index (χ1n) is 11.3. The molecule has 0 saturated heterocycles. The Labute approximate surface area is 195 Å². The van der Waals surface area contributed by atoms with Crippen LogP contribution in [-0.4, -0.2) is 36.3 Å². The second kappa shape index (κ2) is 11.0. The van der Waals surface area contributed by atoms with Crippen molar-refractivity contribution >= 4 is 29.3 Å². The predicted molar refractivity (Wildman–Crippen MR) is 131 cm³/mol. The van der Waals surface area contributed by atoms with E-state index in [2.05, 4.69) is 37.4 Å². The molecular formula is C26H34N2O3S. The minimum atomic E-state index is -0.457. The number of para-hydroxylation sites is 1. The van der Waals surface area contributed by atoms with E-state index in [-0.39, 0.29) is 17.9 Å². The summed E-state index contributed by atoms with van der Waals surface area (Å²) in [6, 6.07) is 14.3. The van der Waals surface area contributed by atoms with Gasteiger partial charge in [-0.05, 0) is 57.4 Å². The second-order valence-electron chi connectivity index (χ2n) is 8.71. The van der Waals surface area contributed by atoms with Crippen LogP contribution in [0.2, 0.25) is 0 Å². The Morgan fingerprint density at radius 1 is 1.16 bits per heavy atom. The van der Waals surface area contributed by atoms with Crippen molar-refractivity contribution in [3.8, 4) is 0 Å². The van der Waals surface area contributed by atoms with E-state index >= 15 is 0 Å². The molecule has 172 valence electrons. The molecule has 5 nitrogen and oxygen atoms in total. The minimum Gasteiger partial charge on any atom is -0.379 e. The average molecular weight is 455 g/mol. The number of benzene rings is 2. The van der Waals surface area contributed by atoms with Crippen LogP contribution in [-0.2, 0) is 20.9 Å². The van der Waals surface area contributed by atoms with Crippen LogP contribution in [0.15, 0.2) is 47.4 Å². The molecule has 0 radical (unpaired) electrons. The molecule has 0 fully saturated rings. The SMILES string of the molecule is Cc1ccc(C)c(CN2C(=O)[C@H]([C@H](C)C(=O)NCCCOC(C)C)Sc3ccccc32)c1. The number of fused-ring (bicyclic) bond motifs is 1. The van der Waals surface area contributed by atoms with Crippen molar-refractivity contribution in [1.29, 1.82) is 0 Å². The summed E-state index contributed by atoms with van der Waals surface area (Å²) in [6.07, 6.45) is 0.938. The van der Waals surface area contributed by atoms with Crippen molar-refractivity contribution in [3.63, 3.8) is 0 Å². The van der Waals surface area contributed by atoms with Crippen LogP contribution in [0, 0.1) is 19.8 Å². The van der Waals surface area contributed by atoms with Gasteiger partial charge in [0.25, 0.3) is 0 Å². The number of thioether (sulfide) groups is 1. The molecule has 2 aromatic rings. The summed E-state index contributed by atoms with van der Waals surface area (Å²) >= 11 is 1.49. The number of hydrogen-bond donors (Lipinski definition) is 1. The minimum absolute atomic E-state index is 0.0135. The van der Waals surface area contributed by atoms with Crippen LogP contribution < -0.4 is 10.2 Å². The molecule has 32 heavy (non-hydrogen) atoms. The normalized spacial score (nSPS) is 16.8. The van der Waals surface area contributed by atoms with Crippen molar-refractivity contribution in [2.45, 2.75) is 63.8 Å². The number of ether oxygens (including phenoxy) is 1. The maximum Gasteiger partial charge on any atom is 0.241 e. The second-order valence-corrected chi connectivity index (χ2v) is 9.90. The summed E-state index contributed by atoms with van der Waals surface area (Å²) in [7, 11) is 0. The molecule has 0 spiro atoms. The summed E-state index contributed by atoms with van der Waals surface area (Å²) in [5.41, 5.74) is 4.37. The van der Waals surface area contributed by atoms with Crippen LogP contribution in [0.5, 0.6) is 0 Å². The first-order valence-corrected chi connectivity index (χ1v) is 12.2. The van der Waals surface area contributed by atoms with Crippen molar-refractivity contribution in [2.24, 2.45) is 5.92 Å². The average Bonchev–Trinajstić information content (AvgIpc) is 2.76. The maximum absolute atomic E-state index is 13.6. The molecule has 2 amide bonds. The van der Waals surface area contributed by atoms with Gasteiger partial charge in [-0.25, -0.2) is 0 Å². The van der Waals surface area contributed by atoms with E-state index in [4.69, 9.17) is 4.74 Å².